The molecule has 1 aliphatic rings. The summed E-state index contributed by atoms with van der Waals surface area (Å²) in [5.74, 6) is -2.46. The Balaban J connectivity index is 1.87. The first-order chi connectivity index (χ1) is 14.9. The number of hydrogen-bond donors (Lipinski definition) is 1. The number of pyridine rings is 1. The first-order valence-corrected chi connectivity index (χ1v) is 10.0. The lowest BCUT2D eigenvalue weighted by Crippen LogP contribution is -2.29. The SMILES string of the molecule is O=C1C(=O)N(Cc2ccncc2)C(c2ccc(F)cc2)/C1=C(/O)c1ccc(Cl)c(Cl)c1. The summed E-state index contributed by atoms with van der Waals surface area (Å²) in [6.07, 6.45) is 3.16. The molecule has 0 radical (unpaired) electrons. The maximum absolute atomic E-state index is 13.5. The first-order valence-electron chi connectivity index (χ1n) is 9.25. The minimum Gasteiger partial charge on any atom is -0.507 e. The van der Waals surface area contributed by atoms with Crippen LogP contribution in [-0.4, -0.2) is 26.7 Å². The maximum atomic E-state index is 13.5. The molecule has 0 spiro atoms. The van der Waals surface area contributed by atoms with Gasteiger partial charge in [-0.05, 0) is 53.6 Å². The molecule has 1 aliphatic heterocycles. The summed E-state index contributed by atoms with van der Waals surface area (Å²) >= 11 is 12.0. The van der Waals surface area contributed by atoms with Crippen molar-refractivity contribution in [3.63, 3.8) is 0 Å². The number of benzene rings is 2. The average Bonchev–Trinajstić information content (AvgIpc) is 3.01. The van der Waals surface area contributed by atoms with Gasteiger partial charge in [0.15, 0.2) is 0 Å². The van der Waals surface area contributed by atoms with Crippen molar-refractivity contribution in [3.05, 3.63) is 105 Å². The molecule has 3 aromatic rings. The Labute approximate surface area is 187 Å². The highest BCUT2D eigenvalue weighted by Gasteiger charge is 2.46. The molecule has 5 nitrogen and oxygen atoms in total. The molecule has 1 atom stereocenters. The van der Waals surface area contributed by atoms with E-state index in [1.807, 2.05) is 0 Å². The molecule has 1 aromatic heterocycles. The molecule has 2 aromatic carbocycles. The molecule has 8 heteroatoms. The van der Waals surface area contributed by atoms with Crippen LogP contribution in [0.4, 0.5) is 4.39 Å². The van der Waals surface area contributed by atoms with E-state index in [0.29, 0.717) is 5.56 Å². The van der Waals surface area contributed by atoms with Gasteiger partial charge < -0.3 is 10.0 Å². The van der Waals surface area contributed by atoms with Gasteiger partial charge in [0.2, 0.25) is 0 Å². The third kappa shape index (κ3) is 4.04. The Morgan fingerprint density at radius 3 is 2.32 bits per heavy atom. The Morgan fingerprint density at radius 1 is 1.00 bits per heavy atom. The van der Waals surface area contributed by atoms with Crippen LogP contribution in [0.15, 0.2) is 72.6 Å². The number of amides is 1. The van der Waals surface area contributed by atoms with Crippen LogP contribution in [0.1, 0.15) is 22.7 Å². The second-order valence-corrected chi connectivity index (χ2v) is 7.78. The number of ketones is 1. The highest BCUT2D eigenvalue weighted by atomic mass is 35.5. The zero-order valence-electron chi connectivity index (χ0n) is 15.9. The van der Waals surface area contributed by atoms with E-state index in [2.05, 4.69) is 4.98 Å². The van der Waals surface area contributed by atoms with E-state index in [-0.39, 0.29) is 33.5 Å². The van der Waals surface area contributed by atoms with Crippen molar-refractivity contribution in [2.75, 3.05) is 0 Å². The van der Waals surface area contributed by atoms with Crippen LogP contribution in [0.2, 0.25) is 10.0 Å². The molecule has 1 unspecified atom stereocenters. The summed E-state index contributed by atoms with van der Waals surface area (Å²) in [5.41, 5.74) is 1.36. The molecule has 1 fully saturated rings. The predicted octanol–water partition coefficient (Wildman–Crippen LogP) is 5.15. The van der Waals surface area contributed by atoms with Gasteiger partial charge in [-0.25, -0.2) is 4.39 Å². The van der Waals surface area contributed by atoms with E-state index in [9.17, 15) is 19.1 Å². The van der Waals surface area contributed by atoms with Gasteiger partial charge in [0.25, 0.3) is 11.7 Å². The number of carbonyl (C=O) groups excluding carboxylic acids is 2. The number of aliphatic hydroxyl groups is 1. The van der Waals surface area contributed by atoms with Crippen molar-refractivity contribution in [2.24, 2.45) is 0 Å². The molecule has 0 bridgehead atoms. The fourth-order valence-electron chi connectivity index (χ4n) is 3.52. The van der Waals surface area contributed by atoms with Crippen molar-refractivity contribution in [3.8, 4) is 0 Å². The third-order valence-electron chi connectivity index (χ3n) is 5.02. The van der Waals surface area contributed by atoms with Crippen molar-refractivity contribution in [1.82, 2.24) is 9.88 Å². The summed E-state index contributed by atoms with van der Waals surface area (Å²) < 4.78 is 13.5. The smallest absolute Gasteiger partial charge is 0.295 e. The molecule has 1 amide bonds. The average molecular weight is 457 g/mol. The van der Waals surface area contributed by atoms with Crippen LogP contribution < -0.4 is 0 Å². The lowest BCUT2D eigenvalue weighted by atomic mass is 9.95. The van der Waals surface area contributed by atoms with Crippen LogP contribution in [0.5, 0.6) is 0 Å². The molecule has 0 aliphatic carbocycles. The van der Waals surface area contributed by atoms with Gasteiger partial charge in [-0.15, -0.1) is 0 Å². The molecule has 2 heterocycles. The number of hydrogen-bond acceptors (Lipinski definition) is 4. The van der Waals surface area contributed by atoms with E-state index in [1.165, 1.54) is 47.4 Å². The van der Waals surface area contributed by atoms with Gasteiger partial charge in [-0.2, -0.15) is 0 Å². The number of aliphatic hydroxyl groups excluding tert-OH is 1. The van der Waals surface area contributed by atoms with Gasteiger partial charge >= 0.3 is 0 Å². The normalized spacial score (nSPS) is 17.9. The lowest BCUT2D eigenvalue weighted by Gasteiger charge is -2.25. The Hall–Kier alpha value is -3.22. The van der Waals surface area contributed by atoms with E-state index >= 15 is 0 Å². The summed E-state index contributed by atoms with van der Waals surface area (Å²) in [6.45, 7) is 0.104. The minimum atomic E-state index is -0.914. The summed E-state index contributed by atoms with van der Waals surface area (Å²) in [4.78, 5) is 31.2. The van der Waals surface area contributed by atoms with Crippen LogP contribution in [0.25, 0.3) is 5.76 Å². The molecular weight excluding hydrogens is 442 g/mol. The number of halogens is 3. The maximum Gasteiger partial charge on any atom is 0.295 e. The molecular formula is C23H15Cl2FN2O3. The fourth-order valence-corrected chi connectivity index (χ4v) is 3.82. The number of likely N-dealkylation sites (tertiary alicyclic amines) is 1. The molecule has 31 heavy (non-hydrogen) atoms. The number of carbonyl (C=O) groups is 2. The quantitative estimate of drug-likeness (QED) is 0.334. The predicted molar refractivity (Wildman–Crippen MR) is 115 cm³/mol. The molecule has 1 N–H and O–H groups in total. The summed E-state index contributed by atoms with van der Waals surface area (Å²) in [5, 5.41) is 11.5. The second-order valence-electron chi connectivity index (χ2n) is 6.96. The van der Waals surface area contributed by atoms with Crippen molar-refractivity contribution < 1.29 is 19.1 Å². The third-order valence-corrected chi connectivity index (χ3v) is 5.76. The number of nitrogens with zero attached hydrogens (tertiary/aromatic N) is 2. The molecule has 1 saturated heterocycles. The van der Waals surface area contributed by atoms with Crippen LogP contribution >= 0.6 is 23.2 Å². The van der Waals surface area contributed by atoms with E-state index in [1.54, 1.807) is 24.5 Å². The van der Waals surface area contributed by atoms with Gasteiger partial charge in [0, 0.05) is 24.5 Å². The summed E-state index contributed by atoms with van der Waals surface area (Å²) in [7, 11) is 0. The van der Waals surface area contributed by atoms with Crippen molar-refractivity contribution >= 4 is 40.7 Å². The lowest BCUT2D eigenvalue weighted by molar-refractivity contribution is -0.140. The van der Waals surface area contributed by atoms with E-state index in [0.717, 1.165) is 5.56 Å². The first kappa shape index (κ1) is 21.0. The van der Waals surface area contributed by atoms with Gasteiger partial charge in [0.05, 0.1) is 21.7 Å². The molecule has 4 rings (SSSR count). The zero-order valence-corrected chi connectivity index (χ0v) is 17.4. The van der Waals surface area contributed by atoms with Gasteiger partial charge in [-0.1, -0.05) is 35.3 Å². The second kappa shape index (κ2) is 8.49. The standard InChI is InChI=1S/C23H15Cl2FN2O3/c24-17-6-3-15(11-18(17)25)21(29)19-20(14-1-4-16(26)5-2-14)28(23(31)22(19)30)12-13-7-9-27-10-8-13/h1-11,20,29H,12H2/b21-19-. The number of rotatable bonds is 4. The Bertz CT molecular complexity index is 1200. The number of aromatic nitrogens is 1. The van der Waals surface area contributed by atoms with Crippen molar-refractivity contribution in [2.45, 2.75) is 12.6 Å². The van der Waals surface area contributed by atoms with Crippen LogP contribution in [-0.2, 0) is 16.1 Å². The largest absolute Gasteiger partial charge is 0.507 e. The highest BCUT2D eigenvalue weighted by Crippen LogP contribution is 2.40. The minimum absolute atomic E-state index is 0.104. The topological polar surface area (TPSA) is 70.5 Å². The zero-order chi connectivity index (χ0) is 22.1. The highest BCUT2D eigenvalue weighted by molar-refractivity contribution is 6.46. The fraction of sp³-hybridized carbons (Fsp3) is 0.0870. The van der Waals surface area contributed by atoms with Crippen LogP contribution in [0.3, 0.4) is 0 Å². The van der Waals surface area contributed by atoms with Crippen molar-refractivity contribution in [1.29, 1.82) is 0 Å². The Kier molecular flexibility index (Phi) is 5.76. The Morgan fingerprint density at radius 2 is 1.68 bits per heavy atom. The molecule has 0 saturated carbocycles. The van der Waals surface area contributed by atoms with Crippen LogP contribution in [0, 0.1) is 5.82 Å². The monoisotopic (exact) mass is 456 g/mol. The number of Topliss-reactive ketones (excluding diaryl/α,β-unsaturated/α-hetero) is 1. The van der Waals surface area contributed by atoms with Gasteiger partial charge in [-0.3, -0.25) is 14.6 Å². The van der Waals surface area contributed by atoms with Gasteiger partial charge in [0.1, 0.15) is 11.6 Å². The van der Waals surface area contributed by atoms with E-state index < -0.39 is 23.5 Å². The van der Waals surface area contributed by atoms with E-state index in [4.69, 9.17) is 23.2 Å². The molecule has 156 valence electrons. The summed E-state index contributed by atoms with van der Waals surface area (Å²) in [6, 6.07) is 12.4.